The van der Waals surface area contributed by atoms with Crippen molar-refractivity contribution in [2.75, 3.05) is 17.2 Å². The number of hydrogen-bond donors (Lipinski definition) is 2. The summed E-state index contributed by atoms with van der Waals surface area (Å²) >= 11 is 0. The number of nitrogens with one attached hydrogen (secondary N) is 2. The van der Waals surface area contributed by atoms with Gasteiger partial charge in [0.2, 0.25) is 5.91 Å². The van der Waals surface area contributed by atoms with E-state index in [2.05, 4.69) is 10.6 Å². The molecule has 0 saturated carbocycles. The van der Waals surface area contributed by atoms with Crippen molar-refractivity contribution in [2.45, 2.75) is 6.92 Å². The van der Waals surface area contributed by atoms with Gasteiger partial charge < -0.3 is 10.6 Å². The molecule has 0 atom stereocenters. The molecule has 2 aromatic rings. The van der Waals surface area contributed by atoms with Gasteiger partial charge in [0.1, 0.15) is 5.82 Å². The summed E-state index contributed by atoms with van der Waals surface area (Å²) in [5.41, 5.74) is 2.11. The molecule has 2 aromatic carbocycles. The predicted molar refractivity (Wildman–Crippen MR) is 79.4 cm³/mol. The van der Waals surface area contributed by atoms with E-state index in [1.165, 1.54) is 12.1 Å². The van der Waals surface area contributed by atoms with Gasteiger partial charge in [0.05, 0.1) is 23.9 Å². The van der Waals surface area contributed by atoms with E-state index in [1.54, 1.807) is 6.07 Å². The average Bonchev–Trinajstić information content (AvgIpc) is 2.48. The van der Waals surface area contributed by atoms with Gasteiger partial charge in [-0.25, -0.2) is 4.39 Å². The van der Waals surface area contributed by atoms with Crippen LogP contribution in [0, 0.1) is 24.1 Å². The second kappa shape index (κ2) is 6.53. The van der Waals surface area contributed by atoms with Crippen LogP contribution in [0.3, 0.4) is 0 Å². The SMILES string of the molecule is Cc1ccccc1NC(=O)CNc1ccc(C#N)cc1F. The molecule has 0 radical (unpaired) electrons. The third kappa shape index (κ3) is 3.80. The zero-order chi connectivity index (χ0) is 15.2. The van der Waals surface area contributed by atoms with Crippen molar-refractivity contribution in [3.05, 3.63) is 59.4 Å². The highest BCUT2D eigenvalue weighted by atomic mass is 19.1. The zero-order valence-electron chi connectivity index (χ0n) is 11.5. The fraction of sp³-hybridized carbons (Fsp3) is 0.125. The minimum absolute atomic E-state index is 0.0584. The van der Waals surface area contributed by atoms with Gasteiger partial charge in [0.15, 0.2) is 0 Å². The van der Waals surface area contributed by atoms with Gasteiger partial charge in [-0.1, -0.05) is 18.2 Å². The third-order valence-electron chi connectivity index (χ3n) is 2.96. The molecule has 0 fully saturated rings. The Morgan fingerprint density at radius 1 is 1.24 bits per heavy atom. The van der Waals surface area contributed by atoms with E-state index in [0.717, 1.165) is 17.3 Å². The molecule has 0 spiro atoms. The number of aryl methyl sites for hydroxylation is 1. The van der Waals surface area contributed by atoms with Crippen LogP contribution < -0.4 is 10.6 Å². The number of amides is 1. The van der Waals surface area contributed by atoms with Crippen molar-refractivity contribution in [1.29, 1.82) is 5.26 Å². The Morgan fingerprint density at radius 3 is 2.67 bits per heavy atom. The van der Waals surface area contributed by atoms with E-state index in [0.29, 0.717) is 0 Å². The van der Waals surface area contributed by atoms with Gasteiger partial charge in [-0.3, -0.25) is 4.79 Å². The Bertz CT molecular complexity index is 707. The van der Waals surface area contributed by atoms with E-state index in [-0.39, 0.29) is 23.7 Å². The molecular formula is C16H14FN3O. The summed E-state index contributed by atoms with van der Waals surface area (Å²) < 4.78 is 13.6. The number of hydrogen-bond acceptors (Lipinski definition) is 3. The molecule has 106 valence electrons. The lowest BCUT2D eigenvalue weighted by Crippen LogP contribution is -2.22. The number of nitrogens with zero attached hydrogens (tertiary/aromatic N) is 1. The second-order valence-electron chi connectivity index (χ2n) is 4.52. The first kappa shape index (κ1) is 14.5. The molecule has 0 aliphatic carbocycles. The highest BCUT2D eigenvalue weighted by molar-refractivity contribution is 5.94. The highest BCUT2D eigenvalue weighted by Gasteiger charge is 2.07. The Balaban J connectivity index is 1.96. The quantitative estimate of drug-likeness (QED) is 0.906. The predicted octanol–water partition coefficient (Wildman–Crippen LogP) is 3.06. The Morgan fingerprint density at radius 2 is 2.00 bits per heavy atom. The molecule has 0 saturated heterocycles. The van der Waals surface area contributed by atoms with Crippen LogP contribution in [0.2, 0.25) is 0 Å². The number of nitriles is 1. The number of halogens is 1. The normalized spacial score (nSPS) is 9.76. The van der Waals surface area contributed by atoms with Crippen molar-refractivity contribution in [2.24, 2.45) is 0 Å². The number of rotatable bonds is 4. The van der Waals surface area contributed by atoms with Crippen LogP contribution in [0.5, 0.6) is 0 Å². The summed E-state index contributed by atoms with van der Waals surface area (Å²) in [5.74, 6) is -0.828. The molecule has 21 heavy (non-hydrogen) atoms. The molecule has 0 aliphatic heterocycles. The van der Waals surface area contributed by atoms with Crippen molar-refractivity contribution >= 4 is 17.3 Å². The van der Waals surface area contributed by atoms with Gasteiger partial charge in [-0.2, -0.15) is 5.26 Å². The summed E-state index contributed by atoms with van der Waals surface area (Å²) in [6, 6.07) is 13.3. The molecule has 0 aromatic heterocycles. The first-order chi connectivity index (χ1) is 10.1. The van der Waals surface area contributed by atoms with Crippen LogP contribution >= 0.6 is 0 Å². The lowest BCUT2D eigenvalue weighted by atomic mass is 10.2. The van der Waals surface area contributed by atoms with E-state index in [9.17, 15) is 9.18 Å². The standard InChI is InChI=1S/C16H14FN3O/c1-11-4-2-3-5-14(11)20-16(21)10-19-15-7-6-12(9-18)8-13(15)17/h2-8,19H,10H2,1H3,(H,20,21). The van der Waals surface area contributed by atoms with E-state index in [4.69, 9.17) is 5.26 Å². The largest absolute Gasteiger partial charge is 0.374 e. The molecule has 2 rings (SSSR count). The average molecular weight is 283 g/mol. The molecule has 0 unspecified atom stereocenters. The molecule has 1 amide bonds. The summed E-state index contributed by atoms with van der Waals surface area (Å²) in [4.78, 5) is 11.8. The maximum absolute atomic E-state index is 13.6. The third-order valence-corrected chi connectivity index (χ3v) is 2.96. The second-order valence-corrected chi connectivity index (χ2v) is 4.52. The van der Waals surface area contributed by atoms with Crippen molar-refractivity contribution < 1.29 is 9.18 Å². The Hall–Kier alpha value is -2.87. The number of anilines is 2. The van der Waals surface area contributed by atoms with Crippen molar-refractivity contribution in [3.63, 3.8) is 0 Å². The van der Waals surface area contributed by atoms with Crippen LogP contribution in [0.15, 0.2) is 42.5 Å². The molecule has 2 N–H and O–H groups in total. The smallest absolute Gasteiger partial charge is 0.243 e. The number of carbonyl (C=O) groups is 1. The van der Waals surface area contributed by atoms with Gasteiger partial charge in [-0.05, 0) is 36.8 Å². The maximum atomic E-state index is 13.6. The van der Waals surface area contributed by atoms with Crippen LogP contribution in [0.4, 0.5) is 15.8 Å². The van der Waals surface area contributed by atoms with E-state index >= 15 is 0 Å². The van der Waals surface area contributed by atoms with Crippen LogP contribution in [-0.2, 0) is 4.79 Å². The number of carbonyl (C=O) groups excluding carboxylic acids is 1. The van der Waals surface area contributed by atoms with Gasteiger partial charge in [0.25, 0.3) is 0 Å². The number of para-hydroxylation sites is 1. The molecule has 0 aliphatic rings. The summed E-state index contributed by atoms with van der Waals surface area (Å²) in [7, 11) is 0. The number of benzene rings is 2. The molecule has 4 nitrogen and oxygen atoms in total. The molecule has 0 heterocycles. The van der Waals surface area contributed by atoms with Crippen molar-refractivity contribution in [3.8, 4) is 6.07 Å². The Kier molecular flexibility index (Phi) is 4.52. The first-order valence-corrected chi connectivity index (χ1v) is 6.39. The zero-order valence-corrected chi connectivity index (χ0v) is 11.5. The molecular weight excluding hydrogens is 269 g/mol. The Labute approximate surface area is 122 Å². The van der Waals surface area contributed by atoms with Gasteiger partial charge in [0, 0.05) is 5.69 Å². The summed E-state index contributed by atoms with van der Waals surface area (Å²) in [6.07, 6.45) is 0. The highest BCUT2D eigenvalue weighted by Crippen LogP contribution is 2.16. The van der Waals surface area contributed by atoms with Crippen molar-refractivity contribution in [1.82, 2.24) is 0 Å². The monoisotopic (exact) mass is 283 g/mol. The minimum Gasteiger partial charge on any atom is -0.374 e. The lowest BCUT2D eigenvalue weighted by Gasteiger charge is -2.10. The summed E-state index contributed by atoms with van der Waals surface area (Å²) in [6.45, 7) is 1.83. The minimum atomic E-state index is -0.558. The molecule has 5 heteroatoms. The van der Waals surface area contributed by atoms with Crippen LogP contribution in [-0.4, -0.2) is 12.5 Å². The van der Waals surface area contributed by atoms with E-state index in [1.807, 2.05) is 31.2 Å². The maximum Gasteiger partial charge on any atom is 0.243 e. The lowest BCUT2D eigenvalue weighted by molar-refractivity contribution is -0.114. The van der Waals surface area contributed by atoms with Gasteiger partial charge >= 0.3 is 0 Å². The first-order valence-electron chi connectivity index (χ1n) is 6.39. The van der Waals surface area contributed by atoms with Gasteiger partial charge in [-0.15, -0.1) is 0 Å². The fourth-order valence-electron chi connectivity index (χ4n) is 1.81. The van der Waals surface area contributed by atoms with E-state index < -0.39 is 5.82 Å². The van der Waals surface area contributed by atoms with Crippen LogP contribution in [0.25, 0.3) is 0 Å². The molecule has 0 bridgehead atoms. The topological polar surface area (TPSA) is 64.9 Å². The fourth-order valence-corrected chi connectivity index (χ4v) is 1.81. The summed E-state index contributed by atoms with van der Waals surface area (Å²) in [5, 5.41) is 14.1. The van der Waals surface area contributed by atoms with Crippen LogP contribution in [0.1, 0.15) is 11.1 Å².